The van der Waals surface area contributed by atoms with Crippen molar-refractivity contribution in [3.63, 3.8) is 0 Å². The fourth-order valence-electron chi connectivity index (χ4n) is 3.95. The maximum absolute atomic E-state index is 12.9. The smallest absolute Gasteiger partial charge is 0.226 e. The van der Waals surface area contributed by atoms with Crippen LogP contribution in [-0.2, 0) is 4.79 Å². The molecule has 4 heteroatoms. The summed E-state index contributed by atoms with van der Waals surface area (Å²) in [7, 11) is 0. The van der Waals surface area contributed by atoms with E-state index >= 15 is 0 Å². The van der Waals surface area contributed by atoms with Gasteiger partial charge < -0.3 is 10.6 Å². The van der Waals surface area contributed by atoms with E-state index in [9.17, 15) is 4.79 Å². The predicted octanol–water partition coefficient (Wildman–Crippen LogP) is 3.49. The number of nitrogens with zero attached hydrogens (tertiary/aromatic N) is 1. The van der Waals surface area contributed by atoms with Crippen LogP contribution in [0.15, 0.2) is 28.7 Å². The van der Waals surface area contributed by atoms with Crippen LogP contribution in [0.1, 0.15) is 43.7 Å². The molecule has 3 rings (SSSR count). The topological polar surface area (TPSA) is 46.3 Å². The van der Waals surface area contributed by atoms with Crippen LogP contribution < -0.4 is 5.73 Å². The summed E-state index contributed by atoms with van der Waals surface area (Å²) in [5.41, 5.74) is 7.10. The second-order valence-electron chi connectivity index (χ2n) is 6.28. The lowest BCUT2D eigenvalue weighted by molar-refractivity contribution is -0.137. The van der Waals surface area contributed by atoms with Gasteiger partial charge in [-0.3, -0.25) is 4.79 Å². The Kier molecular flexibility index (Phi) is 4.65. The van der Waals surface area contributed by atoms with Crippen LogP contribution in [0.25, 0.3) is 0 Å². The Balaban J connectivity index is 1.79. The molecule has 2 fully saturated rings. The van der Waals surface area contributed by atoms with Gasteiger partial charge in [-0.05, 0) is 55.8 Å². The molecule has 3 nitrogen and oxygen atoms in total. The highest BCUT2D eigenvalue weighted by Gasteiger charge is 2.39. The van der Waals surface area contributed by atoms with E-state index < -0.39 is 0 Å². The molecule has 1 aromatic rings. The number of halogens is 1. The van der Waals surface area contributed by atoms with E-state index in [-0.39, 0.29) is 12.0 Å². The highest BCUT2D eigenvalue weighted by Crippen LogP contribution is 2.38. The van der Waals surface area contributed by atoms with Gasteiger partial charge in [0, 0.05) is 16.9 Å². The number of benzene rings is 1. The average Bonchev–Trinajstić information content (AvgIpc) is 3.15. The summed E-state index contributed by atoms with van der Waals surface area (Å²) in [6, 6.07) is 8.61. The van der Waals surface area contributed by atoms with Crippen molar-refractivity contribution in [1.82, 2.24) is 4.90 Å². The Morgan fingerprint density at radius 3 is 2.90 bits per heavy atom. The molecule has 0 aromatic heterocycles. The minimum Gasteiger partial charge on any atom is -0.335 e. The summed E-state index contributed by atoms with van der Waals surface area (Å²) in [5.74, 6) is 0.884. The van der Waals surface area contributed by atoms with Crippen LogP contribution >= 0.6 is 15.9 Å². The number of hydrogen-bond acceptors (Lipinski definition) is 2. The van der Waals surface area contributed by atoms with Gasteiger partial charge in [-0.1, -0.05) is 34.5 Å². The van der Waals surface area contributed by atoms with Crippen LogP contribution in [0, 0.1) is 11.8 Å². The molecule has 2 N–H and O–H groups in total. The maximum atomic E-state index is 12.9. The normalized spacial score (nSPS) is 29.0. The molecule has 1 aromatic carbocycles. The predicted molar refractivity (Wildman–Crippen MR) is 87.7 cm³/mol. The quantitative estimate of drug-likeness (QED) is 0.906. The third-order valence-corrected chi connectivity index (χ3v) is 5.54. The van der Waals surface area contributed by atoms with Crippen molar-refractivity contribution in [3.8, 4) is 0 Å². The molecule has 1 unspecified atom stereocenters. The number of carbonyl (C=O) groups excluding carboxylic acids is 1. The number of carbonyl (C=O) groups is 1. The summed E-state index contributed by atoms with van der Waals surface area (Å²) in [4.78, 5) is 15.1. The summed E-state index contributed by atoms with van der Waals surface area (Å²) in [6.45, 7) is 1.54. The molecule has 1 saturated carbocycles. The van der Waals surface area contributed by atoms with Gasteiger partial charge in [0.15, 0.2) is 0 Å². The summed E-state index contributed by atoms with van der Waals surface area (Å²) < 4.78 is 1.08. The SMILES string of the molecule is NC[C@H]1CCC[C@H]1C(=O)N1CCCC1c1cccc(Br)c1. The van der Waals surface area contributed by atoms with Gasteiger partial charge in [0.1, 0.15) is 0 Å². The first-order valence-electron chi connectivity index (χ1n) is 7.96. The van der Waals surface area contributed by atoms with E-state index in [0.29, 0.717) is 18.4 Å². The minimum atomic E-state index is 0.155. The molecule has 0 bridgehead atoms. The van der Waals surface area contributed by atoms with Gasteiger partial charge in [-0.2, -0.15) is 0 Å². The lowest BCUT2D eigenvalue weighted by Gasteiger charge is -2.30. The van der Waals surface area contributed by atoms with E-state index in [2.05, 4.69) is 39.0 Å². The molecule has 114 valence electrons. The Hall–Kier alpha value is -0.870. The first-order chi connectivity index (χ1) is 10.2. The molecule has 3 atom stereocenters. The zero-order valence-electron chi connectivity index (χ0n) is 12.3. The number of likely N-dealkylation sites (tertiary alicyclic amines) is 1. The third kappa shape index (κ3) is 3.02. The monoisotopic (exact) mass is 350 g/mol. The minimum absolute atomic E-state index is 0.155. The van der Waals surface area contributed by atoms with E-state index in [1.165, 1.54) is 5.56 Å². The third-order valence-electron chi connectivity index (χ3n) is 5.05. The molecule has 1 aliphatic heterocycles. The average molecular weight is 351 g/mol. The molecular weight excluding hydrogens is 328 g/mol. The molecule has 1 amide bonds. The van der Waals surface area contributed by atoms with Crippen molar-refractivity contribution in [2.45, 2.75) is 38.1 Å². The van der Waals surface area contributed by atoms with E-state index in [4.69, 9.17) is 5.73 Å². The van der Waals surface area contributed by atoms with Crippen molar-refractivity contribution in [2.24, 2.45) is 17.6 Å². The lowest BCUT2D eigenvalue weighted by Crippen LogP contribution is -2.38. The molecule has 1 aliphatic carbocycles. The Morgan fingerprint density at radius 1 is 1.29 bits per heavy atom. The summed E-state index contributed by atoms with van der Waals surface area (Å²) in [5, 5.41) is 0. The second-order valence-corrected chi connectivity index (χ2v) is 7.19. The van der Waals surface area contributed by atoms with Crippen LogP contribution in [0.2, 0.25) is 0 Å². The standard InChI is InChI=1S/C17H23BrN2O/c18-14-6-1-4-12(10-14)16-8-3-9-20(16)17(21)15-7-2-5-13(15)11-19/h1,4,6,10,13,15-16H,2-3,5,7-9,11,19H2/t13-,15-,16?/m1/s1. The van der Waals surface area contributed by atoms with Gasteiger partial charge in [0.25, 0.3) is 0 Å². The fraction of sp³-hybridized carbons (Fsp3) is 0.588. The summed E-state index contributed by atoms with van der Waals surface area (Å²) in [6.07, 6.45) is 5.45. The Labute approximate surface area is 135 Å². The molecule has 1 saturated heterocycles. The van der Waals surface area contributed by atoms with Crippen LogP contribution in [0.4, 0.5) is 0 Å². The number of nitrogens with two attached hydrogens (primary N) is 1. The van der Waals surface area contributed by atoms with Gasteiger partial charge in [-0.15, -0.1) is 0 Å². The first kappa shape index (κ1) is 15.0. The lowest BCUT2D eigenvalue weighted by atomic mass is 9.94. The fourth-order valence-corrected chi connectivity index (χ4v) is 4.36. The van der Waals surface area contributed by atoms with Crippen molar-refractivity contribution < 1.29 is 4.79 Å². The zero-order valence-corrected chi connectivity index (χ0v) is 13.9. The van der Waals surface area contributed by atoms with Crippen molar-refractivity contribution in [1.29, 1.82) is 0 Å². The van der Waals surface area contributed by atoms with Gasteiger partial charge in [-0.25, -0.2) is 0 Å². The van der Waals surface area contributed by atoms with E-state index in [1.54, 1.807) is 0 Å². The van der Waals surface area contributed by atoms with Crippen LogP contribution in [0.3, 0.4) is 0 Å². The maximum Gasteiger partial charge on any atom is 0.226 e. The number of rotatable bonds is 3. The van der Waals surface area contributed by atoms with Crippen molar-refractivity contribution in [3.05, 3.63) is 34.3 Å². The Bertz CT molecular complexity index is 519. The number of hydrogen-bond donors (Lipinski definition) is 1. The van der Waals surface area contributed by atoms with Crippen LogP contribution in [-0.4, -0.2) is 23.9 Å². The molecule has 2 aliphatic rings. The highest BCUT2D eigenvalue weighted by molar-refractivity contribution is 9.10. The summed E-state index contributed by atoms with van der Waals surface area (Å²) >= 11 is 3.53. The molecule has 21 heavy (non-hydrogen) atoms. The second kappa shape index (κ2) is 6.49. The molecular formula is C17H23BrN2O. The van der Waals surface area contributed by atoms with Gasteiger partial charge in [0.2, 0.25) is 5.91 Å². The largest absolute Gasteiger partial charge is 0.335 e. The number of amides is 1. The molecule has 1 heterocycles. The zero-order chi connectivity index (χ0) is 14.8. The first-order valence-corrected chi connectivity index (χ1v) is 8.76. The van der Waals surface area contributed by atoms with E-state index in [0.717, 1.165) is 43.1 Å². The van der Waals surface area contributed by atoms with Crippen molar-refractivity contribution in [2.75, 3.05) is 13.1 Å². The van der Waals surface area contributed by atoms with E-state index in [1.807, 2.05) is 6.07 Å². The Morgan fingerprint density at radius 2 is 2.14 bits per heavy atom. The molecule has 0 radical (unpaired) electrons. The van der Waals surface area contributed by atoms with Gasteiger partial charge >= 0.3 is 0 Å². The van der Waals surface area contributed by atoms with Gasteiger partial charge in [0.05, 0.1) is 6.04 Å². The molecule has 0 spiro atoms. The highest BCUT2D eigenvalue weighted by atomic mass is 79.9. The van der Waals surface area contributed by atoms with Crippen molar-refractivity contribution >= 4 is 21.8 Å². The van der Waals surface area contributed by atoms with Crippen LogP contribution in [0.5, 0.6) is 0 Å².